The molecule has 0 atom stereocenters. The third-order valence-corrected chi connectivity index (χ3v) is 2.24. The molecule has 7 nitrogen and oxygen atoms in total. The van der Waals surface area contributed by atoms with Crippen molar-refractivity contribution in [2.75, 3.05) is 12.4 Å². The van der Waals surface area contributed by atoms with Gasteiger partial charge >= 0.3 is 5.97 Å². The number of aromatic amines is 1. The lowest BCUT2D eigenvalue weighted by atomic mass is 10.4. The number of ether oxygens (including phenoxy) is 1. The van der Waals surface area contributed by atoms with Gasteiger partial charge in [0.05, 0.1) is 19.3 Å². The molecule has 0 aliphatic carbocycles. The van der Waals surface area contributed by atoms with E-state index in [0.29, 0.717) is 18.1 Å². The van der Waals surface area contributed by atoms with Crippen molar-refractivity contribution < 1.29 is 9.53 Å². The summed E-state index contributed by atoms with van der Waals surface area (Å²) in [7, 11) is 1.30. The lowest BCUT2D eigenvalue weighted by molar-refractivity contribution is 0.0586. The molecule has 0 fully saturated rings. The molecule has 2 rings (SSSR count). The molecule has 2 aromatic rings. The largest absolute Gasteiger partial charge is 0.463 e. The van der Waals surface area contributed by atoms with Gasteiger partial charge in [-0.25, -0.2) is 14.8 Å². The minimum atomic E-state index is -0.553. The Bertz CT molecular complexity index is 538. The number of aryl methyl sites for hydroxylation is 1. The molecule has 0 aliphatic rings. The number of methoxy groups -OCH3 is 1. The van der Waals surface area contributed by atoms with Crippen LogP contribution in [-0.2, 0) is 11.3 Å². The second-order valence-corrected chi connectivity index (χ2v) is 3.65. The van der Waals surface area contributed by atoms with Crippen LogP contribution in [0.5, 0.6) is 0 Å². The Morgan fingerprint density at radius 3 is 3.00 bits per heavy atom. The molecule has 2 heterocycles. The summed E-state index contributed by atoms with van der Waals surface area (Å²) in [5.74, 6) is 0.0606. The fourth-order valence-electron chi connectivity index (χ4n) is 1.41. The Kier molecular flexibility index (Phi) is 3.52. The van der Waals surface area contributed by atoms with Gasteiger partial charge in [-0.15, -0.1) is 0 Å². The van der Waals surface area contributed by atoms with Gasteiger partial charge in [0.15, 0.2) is 0 Å². The van der Waals surface area contributed by atoms with Gasteiger partial charge in [0, 0.05) is 18.0 Å². The summed E-state index contributed by atoms with van der Waals surface area (Å²) in [5.41, 5.74) is 1.61. The van der Waals surface area contributed by atoms with E-state index in [-0.39, 0.29) is 5.82 Å². The summed E-state index contributed by atoms with van der Waals surface area (Å²) in [5, 5.41) is 9.74. The number of nitrogens with one attached hydrogen (secondary N) is 2. The van der Waals surface area contributed by atoms with E-state index >= 15 is 0 Å². The second kappa shape index (κ2) is 5.26. The SMILES string of the molecule is COC(=O)c1nc(C)cc(NCc2ccn[nH]2)n1. The summed E-state index contributed by atoms with van der Waals surface area (Å²) < 4.78 is 4.59. The molecule has 2 aromatic heterocycles. The van der Waals surface area contributed by atoms with Crippen LogP contribution < -0.4 is 5.32 Å². The maximum atomic E-state index is 11.4. The molecule has 0 aliphatic heterocycles. The number of carbonyl (C=O) groups is 1. The lowest BCUT2D eigenvalue weighted by Crippen LogP contribution is -2.11. The van der Waals surface area contributed by atoms with Gasteiger partial charge in [-0.2, -0.15) is 5.10 Å². The van der Waals surface area contributed by atoms with E-state index in [9.17, 15) is 4.79 Å². The minimum Gasteiger partial charge on any atom is -0.463 e. The number of carbonyl (C=O) groups excluding carboxylic acids is 1. The topological polar surface area (TPSA) is 92.8 Å². The molecule has 0 bridgehead atoms. The number of nitrogens with zero attached hydrogens (tertiary/aromatic N) is 3. The zero-order valence-electron chi connectivity index (χ0n) is 10.1. The standard InChI is InChI=1S/C11H13N5O2/c1-7-5-9(12-6-8-3-4-13-16-8)15-10(14-7)11(17)18-2/h3-5H,6H2,1-2H3,(H,13,16)(H,12,14,15). The third kappa shape index (κ3) is 2.82. The fourth-order valence-corrected chi connectivity index (χ4v) is 1.41. The third-order valence-electron chi connectivity index (χ3n) is 2.24. The van der Waals surface area contributed by atoms with Crippen LogP contribution in [0.1, 0.15) is 22.0 Å². The predicted molar refractivity (Wildman–Crippen MR) is 64.0 cm³/mol. The number of anilines is 1. The highest BCUT2D eigenvalue weighted by Gasteiger charge is 2.11. The molecular weight excluding hydrogens is 234 g/mol. The number of hydrogen-bond donors (Lipinski definition) is 2. The molecule has 0 saturated heterocycles. The van der Waals surface area contributed by atoms with E-state index in [2.05, 4.69) is 30.2 Å². The Morgan fingerprint density at radius 1 is 1.50 bits per heavy atom. The van der Waals surface area contributed by atoms with Gasteiger partial charge in [0.2, 0.25) is 5.82 Å². The summed E-state index contributed by atoms with van der Waals surface area (Å²) in [4.78, 5) is 19.4. The number of H-pyrrole nitrogens is 1. The molecule has 2 N–H and O–H groups in total. The van der Waals surface area contributed by atoms with E-state index in [4.69, 9.17) is 0 Å². The normalized spacial score (nSPS) is 10.1. The van der Waals surface area contributed by atoms with Crippen molar-refractivity contribution in [1.82, 2.24) is 20.2 Å². The lowest BCUT2D eigenvalue weighted by Gasteiger charge is -2.06. The Balaban J connectivity index is 2.12. The van der Waals surface area contributed by atoms with Crippen LogP contribution in [0.2, 0.25) is 0 Å². The van der Waals surface area contributed by atoms with Crippen LogP contribution in [0.25, 0.3) is 0 Å². The van der Waals surface area contributed by atoms with Crippen LogP contribution in [0.15, 0.2) is 18.3 Å². The molecule has 0 radical (unpaired) electrons. The van der Waals surface area contributed by atoms with E-state index in [0.717, 1.165) is 5.69 Å². The monoisotopic (exact) mass is 247 g/mol. The van der Waals surface area contributed by atoms with Crippen LogP contribution in [0.3, 0.4) is 0 Å². The van der Waals surface area contributed by atoms with Crippen LogP contribution in [-0.4, -0.2) is 33.2 Å². The van der Waals surface area contributed by atoms with Crippen LogP contribution in [0, 0.1) is 6.92 Å². The van der Waals surface area contributed by atoms with Gasteiger partial charge in [0.25, 0.3) is 0 Å². The number of aromatic nitrogens is 4. The molecule has 0 spiro atoms. The van der Waals surface area contributed by atoms with E-state index in [1.165, 1.54) is 7.11 Å². The highest BCUT2D eigenvalue weighted by Crippen LogP contribution is 2.08. The molecular formula is C11H13N5O2. The number of rotatable bonds is 4. The fraction of sp³-hybridized carbons (Fsp3) is 0.273. The molecule has 94 valence electrons. The highest BCUT2D eigenvalue weighted by atomic mass is 16.5. The Labute approximate surface area is 104 Å². The van der Waals surface area contributed by atoms with Gasteiger partial charge in [-0.1, -0.05) is 0 Å². The first-order valence-electron chi connectivity index (χ1n) is 5.35. The smallest absolute Gasteiger partial charge is 0.376 e. The predicted octanol–water partition coefficient (Wildman–Crippen LogP) is 0.907. The number of esters is 1. The van der Waals surface area contributed by atoms with E-state index in [1.807, 2.05) is 6.07 Å². The first kappa shape index (κ1) is 12.0. The highest BCUT2D eigenvalue weighted by molar-refractivity contribution is 5.85. The van der Waals surface area contributed by atoms with Crippen molar-refractivity contribution in [3.63, 3.8) is 0 Å². The Hall–Kier alpha value is -2.44. The van der Waals surface area contributed by atoms with Gasteiger partial charge in [-0.05, 0) is 13.0 Å². The molecule has 0 aromatic carbocycles. The first-order valence-corrected chi connectivity index (χ1v) is 5.35. The summed E-state index contributed by atoms with van der Waals surface area (Å²) in [6.45, 7) is 2.33. The zero-order valence-corrected chi connectivity index (χ0v) is 10.1. The maximum Gasteiger partial charge on any atom is 0.376 e. The molecule has 0 unspecified atom stereocenters. The molecule has 7 heteroatoms. The second-order valence-electron chi connectivity index (χ2n) is 3.65. The van der Waals surface area contributed by atoms with Gasteiger partial charge in [0.1, 0.15) is 5.82 Å². The zero-order chi connectivity index (χ0) is 13.0. The van der Waals surface area contributed by atoms with Crippen molar-refractivity contribution in [1.29, 1.82) is 0 Å². The average molecular weight is 247 g/mol. The quantitative estimate of drug-likeness (QED) is 0.780. The minimum absolute atomic E-state index is 0.0459. The van der Waals surface area contributed by atoms with Crippen LogP contribution >= 0.6 is 0 Å². The van der Waals surface area contributed by atoms with Crippen molar-refractivity contribution in [2.24, 2.45) is 0 Å². The molecule has 18 heavy (non-hydrogen) atoms. The summed E-state index contributed by atoms with van der Waals surface area (Å²) in [6, 6.07) is 3.60. The molecule has 0 amide bonds. The molecule has 0 saturated carbocycles. The van der Waals surface area contributed by atoms with E-state index in [1.54, 1.807) is 19.2 Å². The van der Waals surface area contributed by atoms with Crippen molar-refractivity contribution in [2.45, 2.75) is 13.5 Å². The van der Waals surface area contributed by atoms with Crippen molar-refractivity contribution in [3.8, 4) is 0 Å². The average Bonchev–Trinajstić information content (AvgIpc) is 2.88. The van der Waals surface area contributed by atoms with Gasteiger partial charge in [-0.3, -0.25) is 5.10 Å². The maximum absolute atomic E-state index is 11.4. The van der Waals surface area contributed by atoms with Gasteiger partial charge < -0.3 is 10.1 Å². The summed E-state index contributed by atoms with van der Waals surface area (Å²) >= 11 is 0. The summed E-state index contributed by atoms with van der Waals surface area (Å²) in [6.07, 6.45) is 1.67. The Morgan fingerprint density at radius 2 is 2.33 bits per heavy atom. The van der Waals surface area contributed by atoms with Crippen molar-refractivity contribution >= 4 is 11.8 Å². The van der Waals surface area contributed by atoms with E-state index < -0.39 is 5.97 Å². The van der Waals surface area contributed by atoms with Crippen LogP contribution in [0.4, 0.5) is 5.82 Å². The number of hydrogen-bond acceptors (Lipinski definition) is 6. The first-order chi connectivity index (χ1) is 8.69. The van der Waals surface area contributed by atoms with Crippen molar-refractivity contribution in [3.05, 3.63) is 35.5 Å².